The second-order valence-electron chi connectivity index (χ2n) is 4.43. The van der Waals surface area contributed by atoms with Crippen LogP contribution in [0, 0.1) is 0 Å². The van der Waals surface area contributed by atoms with Gasteiger partial charge in [-0.3, -0.25) is 4.98 Å². The summed E-state index contributed by atoms with van der Waals surface area (Å²) in [6.45, 7) is 0.176. The van der Waals surface area contributed by atoms with Crippen LogP contribution in [0.15, 0.2) is 48.8 Å². The van der Waals surface area contributed by atoms with E-state index in [-0.39, 0.29) is 22.3 Å². The predicted octanol–water partition coefficient (Wildman–Crippen LogP) is 2.10. The largest absolute Gasteiger partial charge is 0.487 e. The molecule has 7 nitrogen and oxygen atoms in total. The monoisotopic (exact) mass is 322 g/mol. The Morgan fingerprint density at radius 3 is 2.55 bits per heavy atom. The number of nitrogens with zero attached hydrogens (tertiary/aromatic N) is 2. The number of hydrogen-bond donors (Lipinski definition) is 1. The highest BCUT2D eigenvalue weighted by molar-refractivity contribution is 7.92. The maximum Gasteiger partial charge on any atom is 0.426 e. The van der Waals surface area contributed by atoms with Crippen LogP contribution in [0.25, 0.3) is 0 Å². The highest BCUT2D eigenvalue weighted by atomic mass is 32.2. The molecular formula is C14H14N2O5S. The number of carbonyl (C=O) groups is 1. The first-order chi connectivity index (χ1) is 10.4. The van der Waals surface area contributed by atoms with E-state index in [9.17, 15) is 13.2 Å². The molecule has 0 radical (unpaired) electrons. The van der Waals surface area contributed by atoms with Gasteiger partial charge in [-0.25, -0.2) is 13.2 Å². The smallest absolute Gasteiger partial charge is 0.426 e. The van der Waals surface area contributed by atoms with E-state index in [1.54, 1.807) is 0 Å². The van der Waals surface area contributed by atoms with Crippen LogP contribution in [-0.2, 0) is 16.6 Å². The van der Waals surface area contributed by atoms with Crippen LogP contribution in [0.2, 0.25) is 0 Å². The lowest BCUT2D eigenvalue weighted by molar-refractivity contribution is 0.205. The van der Waals surface area contributed by atoms with Gasteiger partial charge in [0.2, 0.25) is 10.0 Å². The summed E-state index contributed by atoms with van der Waals surface area (Å²) < 4.78 is 29.1. The lowest BCUT2D eigenvalue weighted by atomic mass is 10.2. The van der Waals surface area contributed by atoms with Crippen LogP contribution in [-0.4, -0.2) is 30.9 Å². The van der Waals surface area contributed by atoms with Gasteiger partial charge in [0, 0.05) is 12.3 Å². The van der Waals surface area contributed by atoms with Crippen LogP contribution in [0.3, 0.4) is 0 Å². The van der Waals surface area contributed by atoms with Gasteiger partial charge in [-0.1, -0.05) is 30.3 Å². The molecule has 8 heteroatoms. The van der Waals surface area contributed by atoms with Gasteiger partial charge in [0.1, 0.15) is 18.0 Å². The second-order valence-corrected chi connectivity index (χ2v) is 6.26. The van der Waals surface area contributed by atoms with Crippen LogP contribution in [0.4, 0.5) is 10.5 Å². The van der Waals surface area contributed by atoms with Crippen molar-refractivity contribution in [1.29, 1.82) is 0 Å². The zero-order valence-electron chi connectivity index (χ0n) is 11.7. The van der Waals surface area contributed by atoms with Crippen molar-refractivity contribution in [2.45, 2.75) is 6.61 Å². The second kappa shape index (κ2) is 6.44. The number of anilines is 1. The average molecular weight is 322 g/mol. The van der Waals surface area contributed by atoms with Gasteiger partial charge < -0.3 is 9.84 Å². The Morgan fingerprint density at radius 1 is 1.27 bits per heavy atom. The Labute approximate surface area is 127 Å². The number of hydrogen-bond acceptors (Lipinski definition) is 5. The van der Waals surface area contributed by atoms with Crippen molar-refractivity contribution in [3.05, 3.63) is 54.4 Å². The van der Waals surface area contributed by atoms with Crippen molar-refractivity contribution in [1.82, 2.24) is 4.98 Å². The quantitative estimate of drug-likeness (QED) is 0.905. The van der Waals surface area contributed by atoms with Gasteiger partial charge in [-0.15, -0.1) is 0 Å². The highest BCUT2D eigenvalue weighted by Gasteiger charge is 2.28. The molecular weight excluding hydrogens is 308 g/mol. The van der Waals surface area contributed by atoms with Crippen molar-refractivity contribution >= 4 is 21.8 Å². The molecule has 22 heavy (non-hydrogen) atoms. The van der Waals surface area contributed by atoms with Gasteiger partial charge in [0.25, 0.3) is 0 Å². The van der Waals surface area contributed by atoms with Crippen molar-refractivity contribution in [3.8, 4) is 5.75 Å². The van der Waals surface area contributed by atoms with Gasteiger partial charge in [0.15, 0.2) is 0 Å². The highest BCUT2D eigenvalue weighted by Crippen LogP contribution is 2.29. The SMILES string of the molecule is CS(=O)(=O)N(C(=O)O)c1cnccc1OCc1ccccc1. The van der Waals surface area contributed by atoms with E-state index in [0.29, 0.717) is 0 Å². The number of benzene rings is 1. The number of sulfonamides is 1. The van der Waals surface area contributed by atoms with Crippen LogP contribution in [0.5, 0.6) is 5.75 Å². The molecule has 1 amide bonds. The fraction of sp³-hybridized carbons (Fsp3) is 0.143. The molecule has 2 aromatic rings. The van der Waals surface area contributed by atoms with E-state index >= 15 is 0 Å². The number of pyridine rings is 1. The minimum absolute atomic E-state index is 0.117. The molecule has 0 spiro atoms. The summed E-state index contributed by atoms with van der Waals surface area (Å²) in [6.07, 6.45) is 1.71. The molecule has 0 atom stereocenters. The summed E-state index contributed by atoms with van der Waals surface area (Å²) >= 11 is 0. The molecule has 0 saturated carbocycles. The molecule has 0 fully saturated rings. The molecule has 1 N–H and O–H groups in total. The minimum atomic E-state index is -4.01. The van der Waals surface area contributed by atoms with Crippen LogP contribution >= 0.6 is 0 Å². The predicted molar refractivity (Wildman–Crippen MR) is 80.4 cm³/mol. The molecule has 2 rings (SSSR count). The standard InChI is InChI=1S/C14H14N2O5S/c1-22(19,20)16(14(17)18)12-9-15-8-7-13(12)21-10-11-5-3-2-4-6-11/h2-9H,10H2,1H3,(H,17,18). The summed E-state index contributed by atoms with van der Waals surface area (Å²) in [5.74, 6) is 0.117. The number of carboxylic acid groups (broad SMARTS) is 1. The molecule has 0 saturated heterocycles. The number of rotatable bonds is 5. The van der Waals surface area contributed by atoms with Crippen molar-refractivity contribution in [3.63, 3.8) is 0 Å². The molecule has 1 heterocycles. The van der Waals surface area contributed by atoms with Gasteiger partial charge >= 0.3 is 6.09 Å². The zero-order valence-corrected chi connectivity index (χ0v) is 12.5. The third kappa shape index (κ3) is 3.73. The fourth-order valence-corrected chi connectivity index (χ4v) is 2.58. The molecule has 116 valence electrons. The van der Waals surface area contributed by atoms with E-state index in [2.05, 4.69) is 4.98 Å². The van der Waals surface area contributed by atoms with Crippen molar-refractivity contribution in [2.24, 2.45) is 0 Å². The Kier molecular flexibility index (Phi) is 4.62. The maximum absolute atomic E-state index is 11.7. The Balaban J connectivity index is 2.32. The summed E-state index contributed by atoms with van der Waals surface area (Å²) in [4.78, 5) is 15.0. The first-order valence-corrected chi connectivity index (χ1v) is 8.08. The molecule has 0 bridgehead atoms. The lowest BCUT2D eigenvalue weighted by Gasteiger charge is -2.19. The summed E-state index contributed by atoms with van der Waals surface area (Å²) in [6, 6.07) is 10.6. The number of amides is 1. The van der Waals surface area contributed by atoms with E-state index < -0.39 is 16.1 Å². The Bertz CT molecular complexity index is 762. The lowest BCUT2D eigenvalue weighted by Crippen LogP contribution is -2.35. The average Bonchev–Trinajstić information content (AvgIpc) is 2.45. The molecule has 0 aliphatic carbocycles. The number of ether oxygens (including phenoxy) is 1. The van der Waals surface area contributed by atoms with Gasteiger partial charge in [-0.2, -0.15) is 4.31 Å². The maximum atomic E-state index is 11.7. The number of aromatic nitrogens is 1. The summed E-state index contributed by atoms with van der Waals surface area (Å²) in [7, 11) is -4.01. The molecule has 0 aliphatic rings. The molecule has 1 aromatic carbocycles. The third-order valence-corrected chi connectivity index (χ3v) is 3.74. The molecule has 1 aromatic heterocycles. The van der Waals surface area contributed by atoms with Crippen LogP contribution < -0.4 is 9.04 Å². The normalized spacial score (nSPS) is 11.0. The van der Waals surface area contributed by atoms with E-state index in [0.717, 1.165) is 18.0 Å². The van der Waals surface area contributed by atoms with Crippen LogP contribution in [0.1, 0.15) is 5.56 Å². The third-order valence-electron chi connectivity index (χ3n) is 2.72. The summed E-state index contributed by atoms with van der Waals surface area (Å²) in [5, 5.41) is 9.14. The zero-order chi connectivity index (χ0) is 16.2. The van der Waals surface area contributed by atoms with Crippen molar-refractivity contribution in [2.75, 3.05) is 10.6 Å². The first-order valence-electron chi connectivity index (χ1n) is 6.23. The first kappa shape index (κ1) is 15.8. The minimum Gasteiger partial charge on any atom is -0.487 e. The molecule has 0 unspecified atom stereocenters. The summed E-state index contributed by atoms with van der Waals surface area (Å²) in [5.41, 5.74) is 0.722. The fourth-order valence-electron chi connectivity index (χ4n) is 1.81. The Morgan fingerprint density at radius 2 is 1.95 bits per heavy atom. The molecule has 0 aliphatic heterocycles. The topological polar surface area (TPSA) is 96.8 Å². The van der Waals surface area contributed by atoms with E-state index in [1.165, 1.54) is 12.3 Å². The van der Waals surface area contributed by atoms with Crippen molar-refractivity contribution < 1.29 is 23.1 Å². The van der Waals surface area contributed by atoms with Gasteiger partial charge in [-0.05, 0) is 5.56 Å². The Hall–Kier alpha value is -2.61. The van der Waals surface area contributed by atoms with E-state index in [4.69, 9.17) is 9.84 Å². The van der Waals surface area contributed by atoms with Gasteiger partial charge in [0.05, 0.1) is 12.5 Å². The van der Waals surface area contributed by atoms with E-state index in [1.807, 2.05) is 30.3 Å².